The minimum Gasteiger partial charge on any atom is -0.345 e. The lowest BCUT2D eigenvalue weighted by molar-refractivity contribution is -0.384. The van der Waals surface area contributed by atoms with Crippen molar-refractivity contribution in [3.05, 3.63) is 69.8 Å². The number of anilines is 1. The first-order chi connectivity index (χ1) is 15.0. The standard InChI is InChI=1S/C21H21N5O6/c1-21(14-6-10-16(11-7-14)26(31)32)19(29)25(20(30)23-21)12-17(27)22-15-8-4-13(5-9-15)18(28)24(2)3/h4-11H,12H2,1-3H3,(H,22,27)(H,23,30). The van der Waals surface area contributed by atoms with Crippen LogP contribution in [0.4, 0.5) is 16.2 Å². The first-order valence-corrected chi connectivity index (χ1v) is 9.53. The Morgan fingerprint density at radius 1 is 1.09 bits per heavy atom. The third kappa shape index (κ3) is 4.26. The highest BCUT2D eigenvalue weighted by atomic mass is 16.6. The lowest BCUT2D eigenvalue weighted by Crippen LogP contribution is -2.42. The molecule has 2 N–H and O–H groups in total. The molecule has 0 aliphatic carbocycles. The normalized spacial score (nSPS) is 17.7. The number of amides is 5. The van der Waals surface area contributed by atoms with E-state index in [1.807, 2.05) is 0 Å². The molecule has 1 unspecified atom stereocenters. The summed E-state index contributed by atoms with van der Waals surface area (Å²) in [6, 6.07) is 10.7. The summed E-state index contributed by atoms with van der Waals surface area (Å²) in [6.07, 6.45) is 0. The van der Waals surface area contributed by atoms with Gasteiger partial charge in [-0.2, -0.15) is 0 Å². The van der Waals surface area contributed by atoms with E-state index in [9.17, 15) is 29.3 Å². The Morgan fingerprint density at radius 2 is 1.69 bits per heavy atom. The molecule has 0 saturated carbocycles. The van der Waals surface area contributed by atoms with Gasteiger partial charge < -0.3 is 15.5 Å². The highest BCUT2D eigenvalue weighted by Crippen LogP contribution is 2.30. The number of carbonyl (C=O) groups excluding carboxylic acids is 4. The van der Waals surface area contributed by atoms with Gasteiger partial charge in [0.15, 0.2) is 0 Å². The average Bonchev–Trinajstić information content (AvgIpc) is 2.97. The number of carbonyl (C=O) groups is 4. The highest BCUT2D eigenvalue weighted by Gasteiger charge is 2.49. The van der Waals surface area contributed by atoms with Gasteiger partial charge in [0.05, 0.1) is 4.92 Å². The van der Waals surface area contributed by atoms with E-state index in [4.69, 9.17) is 0 Å². The molecule has 1 heterocycles. The second kappa shape index (κ2) is 8.46. The number of benzene rings is 2. The van der Waals surface area contributed by atoms with E-state index in [0.29, 0.717) is 16.8 Å². The summed E-state index contributed by atoms with van der Waals surface area (Å²) in [5, 5.41) is 16.0. The average molecular weight is 439 g/mol. The Balaban J connectivity index is 1.69. The number of nitro groups is 1. The van der Waals surface area contributed by atoms with Crippen LogP contribution in [0.3, 0.4) is 0 Å². The molecule has 1 fully saturated rings. The van der Waals surface area contributed by atoms with Gasteiger partial charge in [0.2, 0.25) is 5.91 Å². The third-order valence-corrected chi connectivity index (χ3v) is 5.05. The molecule has 1 atom stereocenters. The van der Waals surface area contributed by atoms with Crippen LogP contribution in [0.1, 0.15) is 22.8 Å². The van der Waals surface area contributed by atoms with Gasteiger partial charge >= 0.3 is 6.03 Å². The number of urea groups is 1. The Labute approximate surface area is 183 Å². The summed E-state index contributed by atoms with van der Waals surface area (Å²) >= 11 is 0. The fourth-order valence-electron chi connectivity index (χ4n) is 3.25. The minimum atomic E-state index is -1.46. The lowest BCUT2D eigenvalue weighted by atomic mass is 9.92. The van der Waals surface area contributed by atoms with Crippen LogP contribution in [0.2, 0.25) is 0 Å². The van der Waals surface area contributed by atoms with Crippen LogP contribution < -0.4 is 10.6 Å². The summed E-state index contributed by atoms with van der Waals surface area (Å²) in [7, 11) is 3.25. The summed E-state index contributed by atoms with van der Waals surface area (Å²) < 4.78 is 0. The Morgan fingerprint density at radius 3 is 2.22 bits per heavy atom. The van der Waals surface area contributed by atoms with Gasteiger partial charge in [-0.25, -0.2) is 4.79 Å². The van der Waals surface area contributed by atoms with Crippen molar-refractivity contribution in [3.8, 4) is 0 Å². The molecule has 5 amide bonds. The fraction of sp³-hybridized carbons (Fsp3) is 0.238. The van der Waals surface area contributed by atoms with E-state index in [2.05, 4.69) is 10.6 Å². The second-order valence-corrected chi connectivity index (χ2v) is 7.58. The lowest BCUT2D eigenvalue weighted by Gasteiger charge is -2.22. The van der Waals surface area contributed by atoms with Crippen LogP contribution >= 0.6 is 0 Å². The molecule has 0 spiro atoms. The number of hydrogen-bond donors (Lipinski definition) is 2. The number of nitrogens with one attached hydrogen (secondary N) is 2. The van der Waals surface area contributed by atoms with Gasteiger partial charge in [0, 0.05) is 37.5 Å². The van der Waals surface area contributed by atoms with Gasteiger partial charge in [-0.05, 0) is 48.9 Å². The Hall–Kier alpha value is -4.28. The van der Waals surface area contributed by atoms with Crippen molar-refractivity contribution in [1.82, 2.24) is 15.1 Å². The van der Waals surface area contributed by atoms with Crippen LogP contribution in [-0.4, -0.2) is 59.1 Å². The summed E-state index contributed by atoms with van der Waals surface area (Å²) in [6.45, 7) is 0.943. The first kappa shape index (κ1) is 22.4. The Kier molecular flexibility index (Phi) is 5.92. The van der Waals surface area contributed by atoms with Crippen LogP contribution in [0.25, 0.3) is 0 Å². The molecule has 32 heavy (non-hydrogen) atoms. The van der Waals surface area contributed by atoms with E-state index in [0.717, 1.165) is 4.90 Å². The van der Waals surface area contributed by atoms with Crippen LogP contribution in [0.15, 0.2) is 48.5 Å². The van der Waals surface area contributed by atoms with Crippen LogP contribution in [-0.2, 0) is 15.1 Å². The van der Waals surface area contributed by atoms with Crippen LogP contribution in [0.5, 0.6) is 0 Å². The number of non-ortho nitro benzene ring substituents is 1. The Bertz CT molecular complexity index is 1100. The molecular weight excluding hydrogens is 418 g/mol. The predicted octanol–water partition coefficient (Wildman–Crippen LogP) is 1.70. The third-order valence-electron chi connectivity index (χ3n) is 5.05. The van der Waals surface area contributed by atoms with Crippen molar-refractivity contribution >= 4 is 35.1 Å². The van der Waals surface area contributed by atoms with Crippen molar-refractivity contribution in [2.75, 3.05) is 26.0 Å². The second-order valence-electron chi connectivity index (χ2n) is 7.58. The predicted molar refractivity (Wildman–Crippen MR) is 114 cm³/mol. The minimum absolute atomic E-state index is 0.149. The van der Waals surface area contributed by atoms with Crippen molar-refractivity contribution in [1.29, 1.82) is 0 Å². The summed E-state index contributed by atoms with van der Waals surface area (Å²) in [5.41, 5.74) is -0.411. The van der Waals surface area contributed by atoms with E-state index in [1.54, 1.807) is 38.4 Å². The maximum Gasteiger partial charge on any atom is 0.325 e. The fourth-order valence-corrected chi connectivity index (χ4v) is 3.25. The molecule has 11 heteroatoms. The molecule has 1 aliphatic heterocycles. The molecular formula is C21H21N5O6. The highest BCUT2D eigenvalue weighted by molar-refractivity contribution is 6.10. The summed E-state index contributed by atoms with van der Waals surface area (Å²) in [5.74, 6) is -1.45. The molecule has 2 aromatic carbocycles. The summed E-state index contributed by atoms with van der Waals surface area (Å²) in [4.78, 5) is 62.1. The van der Waals surface area contributed by atoms with E-state index >= 15 is 0 Å². The molecule has 1 aliphatic rings. The van der Waals surface area contributed by atoms with Crippen LogP contribution in [0, 0.1) is 10.1 Å². The largest absolute Gasteiger partial charge is 0.345 e. The van der Waals surface area contributed by atoms with Gasteiger partial charge in [-0.1, -0.05) is 0 Å². The zero-order chi connectivity index (χ0) is 23.6. The topological polar surface area (TPSA) is 142 Å². The number of nitro benzene ring substituents is 1. The number of rotatable bonds is 6. The van der Waals surface area contributed by atoms with Gasteiger partial charge in [-0.3, -0.25) is 29.4 Å². The molecule has 3 rings (SSSR count). The van der Waals surface area contributed by atoms with Crippen molar-refractivity contribution in [2.45, 2.75) is 12.5 Å². The van der Waals surface area contributed by atoms with Gasteiger partial charge in [-0.15, -0.1) is 0 Å². The SMILES string of the molecule is CN(C)C(=O)c1ccc(NC(=O)CN2C(=O)NC(C)(c3ccc([N+](=O)[O-])cc3)C2=O)cc1. The quantitative estimate of drug-likeness (QED) is 0.399. The van der Waals surface area contributed by atoms with E-state index in [-0.39, 0.29) is 11.6 Å². The molecule has 0 radical (unpaired) electrons. The van der Waals surface area contributed by atoms with Crippen molar-refractivity contribution in [3.63, 3.8) is 0 Å². The first-order valence-electron chi connectivity index (χ1n) is 9.53. The van der Waals surface area contributed by atoms with E-state index < -0.39 is 34.9 Å². The van der Waals surface area contributed by atoms with Crippen molar-refractivity contribution < 1.29 is 24.1 Å². The molecule has 0 aromatic heterocycles. The molecule has 2 aromatic rings. The monoisotopic (exact) mass is 439 g/mol. The zero-order valence-corrected chi connectivity index (χ0v) is 17.6. The zero-order valence-electron chi connectivity index (χ0n) is 17.6. The van der Waals surface area contributed by atoms with Crippen molar-refractivity contribution in [2.24, 2.45) is 0 Å². The van der Waals surface area contributed by atoms with E-state index in [1.165, 1.54) is 36.1 Å². The maximum absolute atomic E-state index is 12.9. The molecule has 1 saturated heterocycles. The van der Waals surface area contributed by atoms with Gasteiger partial charge in [0.25, 0.3) is 17.5 Å². The maximum atomic E-state index is 12.9. The number of imide groups is 1. The number of nitrogens with zero attached hydrogens (tertiary/aromatic N) is 3. The smallest absolute Gasteiger partial charge is 0.325 e. The molecule has 0 bridgehead atoms. The number of hydrogen-bond acceptors (Lipinski definition) is 6. The molecule has 166 valence electrons. The molecule has 11 nitrogen and oxygen atoms in total. The van der Waals surface area contributed by atoms with Gasteiger partial charge in [0.1, 0.15) is 12.1 Å².